The third-order valence-corrected chi connectivity index (χ3v) is 2.00. The SMILES string of the molecule is C=C/C=C(/C)C(/N=C(\C)C(C)=O)=C(C)C. The van der Waals surface area contributed by atoms with E-state index in [0.717, 1.165) is 16.8 Å². The van der Waals surface area contributed by atoms with Crippen molar-refractivity contribution in [2.75, 3.05) is 0 Å². The molecule has 0 radical (unpaired) electrons. The lowest BCUT2D eigenvalue weighted by atomic mass is 10.1. The van der Waals surface area contributed by atoms with Gasteiger partial charge in [-0.05, 0) is 33.3 Å². The van der Waals surface area contributed by atoms with Gasteiger partial charge in [-0.25, -0.2) is 4.99 Å². The zero-order valence-corrected chi connectivity index (χ0v) is 10.2. The topological polar surface area (TPSA) is 29.4 Å². The van der Waals surface area contributed by atoms with E-state index in [9.17, 15) is 4.79 Å². The van der Waals surface area contributed by atoms with Crippen molar-refractivity contribution in [3.05, 3.63) is 35.6 Å². The van der Waals surface area contributed by atoms with Crippen LogP contribution in [0.4, 0.5) is 0 Å². The molecule has 0 heterocycles. The zero-order valence-electron chi connectivity index (χ0n) is 10.2. The molecule has 0 aliphatic heterocycles. The van der Waals surface area contributed by atoms with Gasteiger partial charge in [0.2, 0.25) is 0 Å². The number of carbonyl (C=O) groups excluding carboxylic acids is 1. The number of hydrogen-bond acceptors (Lipinski definition) is 2. The number of allylic oxidation sites excluding steroid dienone is 4. The largest absolute Gasteiger partial charge is 0.293 e. The summed E-state index contributed by atoms with van der Waals surface area (Å²) in [6, 6.07) is 0. The molecule has 0 aromatic rings. The summed E-state index contributed by atoms with van der Waals surface area (Å²) >= 11 is 0. The number of aliphatic imine (C=N–C) groups is 1. The third kappa shape index (κ3) is 4.54. The molecule has 0 bridgehead atoms. The maximum absolute atomic E-state index is 11.1. The van der Waals surface area contributed by atoms with Crippen molar-refractivity contribution in [1.82, 2.24) is 0 Å². The van der Waals surface area contributed by atoms with Gasteiger partial charge >= 0.3 is 0 Å². The summed E-state index contributed by atoms with van der Waals surface area (Å²) in [6.07, 6.45) is 3.61. The molecule has 0 amide bonds. The van der Waals surface area contributed by atoms with E-state index >= 15 is 0 Å². The molecule has 2 nitrogen and oxygen atoms in total. The van der Waals surface area contributed by atoms with E-state index in [-0.39, 0.29) is 5.78 Å². The van der Waals surface area contributed by atoms with Crippen molar-refractivity contribution in [1.29, 1.82) is 0 Å². The number of rotatable bonds is 4. The van der Waals surface area contributed by atoms with Crippen LogP contribution in [0.1, 0.15) is 34.6 Å². The molecule has 0 spiro atoms. The van der Waals surface area contributed by atoms with Crippen molar-refractivity contribution in [2.45, 2.75) is 34.6 Å². The molecule has 0 rings (SSSR count). The Kier molecular flexibility index (Phi) is 5.53. The van der Waals surface area contributed by atoms with Gasteiger partial charge in [-0.15, -0.1) is 0 Å². The minimum atomic E-state index is 0.000142. The number of carbonyl (C=O) groups is 1. The molecule has 0 aliphatic rings. The Labute approximate surface area is 92.1 Å². The number of ketones is 1. The number of nitrogens with zero attached hydrogens (tertiary/aromatic N) is 1. The molecular weight excluding hydrogens is 186 g/mol. The first-order valence-electron chi connectivity index (χ1n) is 4.93. The highest BCUT2D eigenvalue weighted by atomic mass is 16.1. The molecule has 0 aromatic carbocycles. The van der Waals surface area contributed by atoms with Gasteiger partial charge < -0.3 is 0 Å². The average Bonchev–Trinajstić information content (AvgIpc) is 2.13. The fourth-order valence-corrected chi connectivity index (χ4v) is 1.10. The Balaban J connectivity index is 5.31. The molecule has 0 saturated carbocycles. The van der Waals surface area contributed by atoms with Crippen LogP contribution < -0.4 is 0 Å². The number of hydrogen-bond donors (Lipinski definition) is 0. The molecular formula is C13H19NO. The van der Waals surface area contributed by atoms with Crippen LogP contribution in [-0.4, -0.2) is 11.5 Å². The maximum Gasteiger partial charge on any atom is 0.173 e. The molecule has 15 heavy (non-hydrogen) atoms. The highest BCUT2D eigenvalue weighted by Crippen LogP contribution is 2.16. The third-order valence-electron chi connectivity index (χ3n) is 2.00. The maximum atomic E-state index is 11.1. The summed E-state index contributed by atoms with van der Waals surface area (Å²) in [4.78, 5) is 15.4. The highest BCUT2D eigenvalue weighted by Gasteiger charge is 2.03. The van der Waals surface area contributed by atoms with E-state index in [1.54, 1.807) is 13.0 Å². The van der Waals surface area contributed by atoms with Crippen LogP contribution in [-0.2, 0) is 4.79 Å². The van der Waals surface area contributed by atoms with Crippen molar-refractivity contribution in [2.24, 2.45) is 4.99 Å². The van der Waals surface area contributed by atoms with Crippen molar-refractivity contribution < 1.29 is 4.79 Å². The molecule has 0 N–H and O–H groups in total. The lowest BCUT2D eigenvalue weighted by Crippen LogP contribution is -2.05. The summed E-state index contributed by atoms with van der Waals surface area (Å²) < 4.78 is 0. The van der Waals surface area contributed by atoms with E-state index in [0.29, 0.717) is 5.71 Å². The first-order chi connectivity index (χ1) is 6.90. The minimum absolute atomic E-state index is 0.000142. The molecule has 2 heteroatoms. The van der Waals surface area contributed by atoms with Gasteiger partial charge in [0.15, 0.2) is 5.78 Å². The van der Waals surface area contributed by atoms with E-state index in [1.165, 1.54) is 6.92 Å². The predicted octanol–water partition coefficient (Wildman–Crippen LogP) is 3.46. The summed E-state index contributed by atoms with van der Waals surface area (Å²) in [7, 11) is 0. The van der Waals surface area contributed by atoms with Gasteiger partial charge in [-0.1, -0.05) is 24.3 Å². The van der Waals surface area contributed by atoms with Crippen molar-refractivity contribution >= 4 is 11.5 Å². The van der Waals surface area contributed by atoms with Gasteiger partial charge in [0.25, 0.3) is 0 Å². The second-order valence-electron chi connectivity index (χ2n) is 3.69. The summed E-state index contributed by atoms with van der Waals surface area (Å²) in [5, 5.41) is 0. The summed E-state index contributed by atoms with van der Waals surface area (Å²) in [6.45, 7) is 12.8. The van der Waals surface area contributed by atoms with Gasteiger partial charge in [0.1, 0.15) is 0 Å². The van der Waals surface area contributed by atoms with Gasteiger partial charge in [0.05, 0.1) is 11.4 Å². The van der Waals surface area contributed by atoms with E-state index in [1.807, 2.05) is 26.8 Å². The van der Waals surface area contributed by atoms with Crippen LogP contribution in [0.2, 0.25) is 0 Å². The van der Waals surface area contributed by atoms with E-state index < -0.39 is 0 Å². The molecule has 0 atom stereocenters. The second-order valence-corrected chi connectivity index (χ2v) is 3.69. The first kappa shape index (κ1) is 13.6. The first-order valence-corrected chi connectivity index (χ1v) is 4.93. The average molecular weight is 205 g/mol. The molecule has 0 aliphatic carbocycles. The second kappa shape index (κ2) is 6.12. The Bertz CT molecular complexity index is 353. The lowest BCUT2D eigenvalue weighted by Gasteiger charge is -2.05. The molecule has 0 aromatic heterocycles. The van der Waals surface area contributed by atoms with Crippen LogP contribution in [0.15, 0.2) is 40.6 Å². The van der Waals surface area contributed by atoms with Crippen LogP contribution in [0, 0.1) is 0 Å². The van der Waals surface area contributed by atoms with Gasteiger partial charge in [0, 0.05) is 6.92 Å². The predicted molar refractivity (Wildman–Crippen MR) is 66.1 cm³/mol. The zero-order chi connectivity index (χ0) is 12.0. The van der Waals surface area contributed by atoms with E-state index in [4.69, 9.17) is 0 Å². The Morgan fingerprint density at radius 1 is 1.13 bits per heavy atom. The normalized spacial score (nSPS) is 12.3. The molecule has 0 saturated heterocycles. The fourth-order valence-electron chi connectivity index (χ4n) is 1.10. The smallest absolute Gasteiger partial charge is 0.173 e. The van der Waals surface area contributed by atoms with Gasteiger partial charge in [-0.3, -0.25) is 4.79 Å². The monoisotopic (exact) mass is 205 g/mol. The van der Waals surface area contributed by atoms with Gasteiger partial charge in [-0.2, -0.15) is 0 Å². The molecule has 0 unspecified atom stereocenters. The lowest BCUT2D eigenvalue weighted by molar-refractivity contribution is -0.111. The molecule has 82 valence electrons. The van der Waals surface area contributed by atoms with Crippen molar-refractivity contribution in [3.63, 3.8) is 0 Å². The van der Waals surface area contributed by atoms with Crippen LogP contribution in [0.3, 0.4) is 0 Å². The molecule has 0 fully saturated rings. The number of Topliss-reactive ketones (excluding diaryl/α,β-unsaturated/α-hetero) is 1. The standard InChI is InChI=1S/C13H19NO/c1-7-8-10(4)13(9(2)3)14-11(5)12(6)15/h7-8H,1H2,2-6H3/b10-8-,14-11+. The van der Waals surface area contributed by atoms with Crippen LogP contribution in [0.25, 0.3) is 0 Å². The Morgan fingerprint density at radius 2 is 1.67 bits per heavy atom. The Morgan fingerprint density at radius 3 is 2.00 bits per heavy atom. The summed E-state index contributed by atoms with van der Waals surface area (Å²) in [5.74, 6) is 0.000142. The van der Waals surface area contributed by atoms with Crippen molar-refractivity contribution in [3.8, 4) is 0 Å². The summed E-state index contributed by atoms with van der Waals surface area (Å²) in [5.41, 5.74) is 3.50. The minimum Gasteiger partial charge on any atom is -0.293 e. The van der Waals surface area contributed by atoms with E-state index in [2.05, 4.69) is 11.6 Å². The quantitative estimate of drug-likeness (QED) is 0.510. The highest BCUT2D eigenvalue weighted by molar-refractivity contribution is 6.38. The van der Waals surface area contributed by atoms with Crippen LogP contribution >= 0.6 is 0 Å². The fraction of sp³-hybridized carbons (Fsp3) is 0.385. The Hall–Kier alpha value is -1.44. The van der Waals surface area contributed by atoms with Crippen LogP contribution in [0.5, 0.6) is 0 Å².